The Labute approximate surface area is 213 Å². The lowest BCUT2D eigenvalue weighted by Crippen LogP contribution is -2.36. The SMILES string of the molecule is CC(C)(C)OC(=O)N1CCCC1c1ccc(-c2cn3c(n2)sc2cc(Br)c(OC(F)F)cc23)cc1. The number of likely N-dealkylation sites (tertiary alicyclic amines) is 1. The highest BCUT2D eigenvalue weighted by atomic mass is 79.9. The molecule has 1 unspecified atom stereocenters. The van der Waals surface area contributed by atoms with E-state index in [2.05, 4.69) is 20.7 Å². The molecule has 1 atom stereocenters. The summed E-state index contributed by atoms with van der Waals surface area (Å²) in [6, 6.07) is 11.4. The van der Waals surface area contributed by atoms with E-state index in [1.165, 1.54) is 11.3 Å². The van der Waals surface area contributed by atoms with Crippen molar-refractivity contribution in [2.75, 3.05) is 6.54 Å². The van der Waals surface area contributed by atoms with Gasteiger partial charge >= 0.3 is 12.7 Å². The van der Waals surface area contributed by atoms with Crippen LogP contribution in [0.1, 0.15) is 45.2 Å². The van der Waals surface area contributed by atoms with Crippen LogP contribution < -0.4 is 4.74 Å². The molecular weight excluding hydrogens is 540 g/mol. The standard InChI is InChI=1S/C25H24BrF2N3O3S/c1-25(2,3)34-24(32)30-10-4-5-18(30)15-8-6-14(7-9-15)17-13-31-19-12-20(33-22(27)28)16(26)11-21(19)35-23(31)29-17/h6-9,11-13,18,22H,4-5,10H2,1-3H3. The van der Waals surface area contributed by atoms with Crippen molar-refractivity contribution in [3.63, 3.8) is 0 Å². The number of rotatable bonds is 4. The topological polar surface area (TPSA) is 56.1 Å². The van der Waals surface area contributed by atoms with E-state index in [1.54, 1.807) is 17.0 Å². The number of thiazole rings is 1. The maximum atomic E-state index is 12.8. The van der Waals surface area contributed by atoms with Gasteiger partial charge in [0.05, 0.1) is 26.4 Å². The number of hydrogen-bond acceptors (Lipinski definition) is 5. The summed E-state index contributed by atoms with van der Waals surface area (Å²) < 4.78 is 39.0. The number of fused-ring (bicyclic) bond motifs is 3. The molecule has 1 aliphatic heterocycles. The average molecular weight is 564 g/mol. The van der Waals surface area contributed by atoms with E-state index < -0.39 is 12.2 Å². The van der Waals surface area contributed by atoms with E-state index in [1.807, 2.05) is 55.6 Å². The number of alkyl halides is 2. The van der Waals surface area contributed by atoms with Crippen LogP contribution in [0.15, 0.2) is 47.1 Å². The fraction of sp³-hybridized carbons (Fsp3) is 0.360. The monoisotopic (exact) mass is 563 g/mol. The van der Waals surface area contributed by atoms with Gasteiger partial charge in [0.25, 0.3) is 0 Å². The number of benzene rings is 2. The van der Waals surface area contributed by atoms with Gasteiger partial charge in [-0.1, -0.05) is 35.6 Å². The van der Waals surface area contributed by atoms with Crippen LogP contribution in [0.4, 0.5) is 13.6 Å². The van der Waals surface area contributed by atoms with Crippen molar-refractivity contribution in [1.82, 2.24) is 14.3 Å². The zero-order chi connectivity index (χ0) is 24.9. The molecule has 6 nitrogen and oxygen atoms in total. The Bertz CT molecular complexity index is 1400. The lowest BCUT2D eigenvalue weighted by molar-refractivity contribution is -0.0502. The summed E-state index contributed by atoms with van der Waals surface area (Å²) in [6.07, 6.45) is 3.44. The van der Waals surface area contributed by atoms with Crippen LogP contribution in [0.2, 0.25) is 0 Å². The number of carbonyl (C=O) groups is 1. The van der Waals surface area contributed by atoms with E-state index in [0.717, 1.165) is 44.8 Å². The van der Waals surface area contributed by atoms with Crippen LogP contribution in [0, 0.1) is 0 Å². The van der Waals surface area contributed by atoms with Crippen molar-refractivity contribution in [3.8, 4) is 17.0 Å². The first-order chi connectivity index (χ1) is 16.6. The van der Waals surface area contributed by atoms with Crippen molar-refractivity contribution >= 4 is 48.5 Å². The van der Waals surface area contributed by atoms with Crippen molar-refractivity contribution in [1.29, 1.82) is 0 Å². The first kappa shape index (κ1) is 24.0. The molecule has 0 saturated carbocycles. The van der Waals surface area contributed by atoms with Gasteiger partial charge in [0.2, 0.25) is 0 Å². The lowest BCUT2D eigenvalue weighted by atomic mass is 10.0. The fourth-order valence-electron chi connectivity index (χ4n) is 4.35. The molecule has 10 heteroatoms. The third kappa shape index (κ3) is 4.86. The Morgan fingerprint density at radius 3 is 2.66 bits per heavy atom. The Balaban J connectivity index is 1.41. The van der Waals surface area contributed by atoms with Gasteiger partial charge in [0.15, 0.2) is 4.96 Å². The Kier molecular flexibility index (Phi) is 6.21. The minimum absolute atomic E-state index is 0.0139. The third-order valence-corrected chi connectivity index (χ3v) is 7.47. The second-order valence-corrected chi connectivity index (χ2v) is 11.3. The molecule has 0 bridgehead atoms. The van der Waals surface area contributed by atoms with E-state index in [4.69, 9.17) is 9.72 Å². The highest BCUT2D eigenvalue weighted by Crippen LogP contribution is 2.38. The number of amides is 1. The molecule has 0 radical (unpaired) electrons. The summed E-state index contributed by atoms with van der Waals surface area (Å²) in [5.41, 5.74) is 2.98. The van der Waals surface area contributed by atoms with Crippen LogP contribution in [0.25, 0.3) is 26.4 Å². The van der Waals surface area contributed by atoms with Gasteiger partial charge in [0, 0.05) is 24.4 Å². The van der Waals surface area contributed by atoms with E-state index in [-0.39, 0.29) is 17.9 Å². The number of hydrogen-bond donors (Lipinski definition) is 0. The first-order valence-electron chi connectivity index (χ1n) is 11.2. The summed E-state index contributed by atoms with van der Waals surface area (Å²) in [4.78, 5) is 20.0. The van der Waals surface area contributed by atoms with Gasteiger partial charge in [-0.3, -0.25) is 4.40 Å². The van der Waals surface area contributed by atoms with Gasteiger partial charge < -0.3 is 14.4 Å². The number of carbonyl (C=O) groups excluding carboxylic acids is 1. The van der Waals surface area contributed by atoms with Crippen LogP contribution in [-0.4, -0.2) is 39.1 Å². The van der Waals surface area contributed by atoms with Gasteiger partial charge in [-0.25, -0.2) is 9.78 Å². The van der Waals surface area contributed by atoms with Crippen LogP contribution >= 0.6 is 27.3 Å². The maximum Gasteiger partial charge on any atom is 0.410 e. The summed E-state index contributed by atoms with van der Waals surface area (Å²) >= 11 is 4.76. The van der Waals surface area contributed by atoms with Gasteiger partial charge in [-0.2, -0.15) is 8.78 Å². The fourth-order valence-corrected chi connectivity index (χ4v) is 5.97. The predicted octanol–water partition coefficient (Wildman–Crippen LogP) is 7.65. The molecule has 2 aromatic carbocycles. The molecule has 0 spiro atoms. The van der Waals surface area contributed by atoms with Gasteiger partial charge in [-0.05, 0) is 61.2 Å². The molecule has 1 saturated heterocycles. The van der Waals surface area contributed by atoms with Crippen molar-refractivity contribution in [2.45, 2.75) is 51.9 Å². The second kappa shape index (κ2) is 9.05. The predicted molar refractivity (Wildman–Crippen MR) is 135 cm³/mol. The molecule has 1 fully saturated rings. The minimum atomic E-state index is -2.90. The number of nitrogens with zero attached hydrogens (tertiary/aromatic N) is 3. The smallest absolute Gasteiger partial charge is 0.410 e. The van der Waals surface area contributed by atoms with Crippen LogP contribution in [0.5, 0.6) is 5.75 Å². The number of imidazole rings is 1. The number of ether oxygens (including phenoxy) is 2. The number of aromatic nitrogens is 2. The zero-order valence-electron chi connectivity index (χ0n) is 19.4. The summed E-state index contributed by atoms with van der Waals surface area (Å²) in [5.74, 6) is 0.0814. The molecule has 1 amide bonds. The molecule has 1 aliphatic rings. The second-order valence-electron chi connectivity index (χ2n) is 9.46. The Morgan fingerprint density at radius 1 is 1.23 bits per heavy atom. The quantitative estimate of drug-likeness (QED) is 0.256. The molecular formula is C25H24BrF2N3O3S. The minimum Gasteiger partial charge on any atom is -0.444 e. The molecule has 3 heterocycles. The largest absolute Gasteiger partial charge is 0.444 e. The maximum absolute atomic E-state index is 12.8. The van der Waals surface area contributed by atoms with E-state index >= 15 is 0 Å². The van der Waals surface area contributed by atoms with Crippen LogP contribution in [-0.2, 0) is 4.74 Å². The highest BCUT2D eigenvalue weighted by Gasteiger charge is 2.33. The van der Waals surface area contributed by atoms with Crippen molar-refractivity contribution in [2.24, 2.45) is 0 Å². The summed E-state index contributed by atoms with van der Waals surface area (Å²) in [6.45, 7) is 3.39. The van der Waals surface area contributed by atoms with Gasteiger partial charge in [0.1, 0.15) is 11.4 Å². The third-order valence-electron chi connectivity index (χ3n) is 5.84. The first-order valence-corrected chi connectivity index (χ1v) is 12.9. The molecule has 0 N–H and O–H groups in total. The average Bonchev–Trinajstić information content (AvgIpc) is 3.48. The molecule has 2 aromatic heterocycles. The normalized spacial score (nSPS) is 16.5. The van der Waals surface area contributed by atoms with E-state index in [9.17, 15) is 13.6 Å². The molecule has 4 aromatic rings. The van der Waals surface area contributed by atoms with Gasteiger partial charge in [-0.15, -0.1) is 0 Å². The lowest BCUT2D eigenvalue weighted by Gasteiger charge is -2.28. The molecule has 35 heavy (non-hydrogen) atoms. The molecule has 0 aliphatic carbocycles. The Morgan fingerprint density at radius 2 is 1.97 bits per heavy atom. The van der Waals surface area contributed by atoms with Crippen molar-refractivity contribution in [3.05, 3.63) is 52.6 Å². The van der Waals surface area contributed by atoms with Crippen LogP contribution in [0.3, 0.4) is 0 Å². The Hall–Kier alpha value is -2.72. The summed E-state index contributed by atoms with van der Waals surface area (Å²) in [7, 11) is 0. The highest BCUT2D eigenvalue weighted by molar-refractivity contribution is 9.10. The molecule has 5 rings (SSSR count). The van der Waals surface area contributed by atoms with E-state index in [0.29, 0.717) is 11.0 Å². The molecule has 184 valence electrons. The number of halogens is 3. The summed E-state index contributed by atoms with van der Waals surface area (Å²) in [5, 5.41) is 0. The van der Waals surface area contributed by atoms with Crippen molar-refractivity contribution < 1.29 is 23.0 Å². The zero-order valence-corrected chi connectivity index (χ0v) is 21.8.